The monoisotopic (exact) mass is 199 g/mol. The molecule has 2 atom stereocenters. The highest BCUT2D eigenvalue weighted by atomic mass is 16.2. The number of hydrogen-bond donors (Lipinski definition) is 2. The maximum Gasteiger partial charge on any atom is 0.239 e. The zero-order valence-electron chi connectivity index (χ0n) is 8.62. The molecular weight excluding hydrogens is 182 g/mol. The van der Waals surface area contributed by atoms with Gasteiger partial charge in [0.05, 0.1) is 6.04 Å². The largest absolute Gasteiger partial charge is 0.354 e. The number of amides is 2. The second-order valence-electron chi connectivity index (χ2n) is 3.72. The fraction of sp³-hybridized carbons (Fsp3) is 0.778. The van der Waals surface area contributed by atoms with Gasteiger partial charge < -0.3 is 16.0 Å². The maximum atomic E-state index is 11.6. The van der Waals surface area contributed by atoms with Crippen molar-refractivity contribution in [3.63, 3.8) is 0 Å². The first kappa shape index (κ1) is 11.0. The minimum atomic E-state index is -0.495. The highest BCUT2D eigenvalue weighted by molar-refractivity contribution is 5.83. The average molecular weight is 199 g/mol. The Balaban J connectivity index is 2.67. The molecule has 2 amide bonds. The van der Waals surface area contributed by atoms with Gasteiger partial charge in [-0.1, -0.05) is 0 Å². The van der Waals surface area contributed by atoms with Gasteiger partial charge in [-0.3, -0.25) is 9.59 Å². The molecule has 5 heteroatoms. The van der Waals surface area contributed by atoms with E-state index in [9.17, 15) is 9.59 Å². The quantitative estimate of drug-likeness (QED) is 0.573. The molecule has 1 unspecified atom stereocenters. The van der Waals surface area contributed by atoms with E-state index in [2.05, 4.69) is 5.32 Å². The third-order valence-electron chi connectivity index (χ3n) is 2.36. The first-order chi connectivity index (χ1) is 6.52. The molecule has 0 saturated carbocycles. The summed E-state index contributed by atoms with van der Waals surface area (Å²) in [6, 6.07) is -0.554. The molecule has 80 valence electrons. The fourth-order valence-corrected chi connectivity index (χ4v) is 1.58. The molecule has 1 saturated heterocycles. The minimum absolute atomic E-state index is 0.00234. The Kier molecular flexibility index (Phi) is 3.46. The van der Waals surface area contributed by atoms with Crippen LogP contribution in [0.15, 0.2) is 0 Å². The van der Waals surface area contributed by atoms with Gasteiger partial charge in [0.15, 0.2) is 0 Å². The van der Waals surface area contributed by atoms with Crippen molar-refractivity contribution in [1.29, 1.82) is 0 Å². The summed E-state index contributed by atoms with van der Waals surface area (Å²) < 4.78 is 0. The van der Waals surface area contributed by atoms with Crippen molar-refractivity contribution in [1.82, 2.24) is 10.2 Å². The lowest BCUT2D eigenvalue weighted by molar-refractivity contribution is -0.134. The fourth-order valence-electron chi connectivity index (χ4n) is 1.58. The molecule has 1 aliphatic rings. The Labute approximate surface area is 83.6 Å². The zero-order chi connectivity index (χ0) is 10.7. The number of carbonyl (C=O) groups excluding carboxylic acids is 2. The molecule has 5 nitrogen and oxygen atoms in total. The molecule has 1 fully saturated rings. The molecule has 3 N–H and O–H groups in total. The molecule has 0 aliphatic carbocycles. The molecule has 0 bridgehead atoms. The lowest BCUT2D eigenvalue weighted by Crippen LogP contribution is -2.47. The molecule has 0 aromatic carbocycles. The summed E-state index contributed by atoms with van der Waals surface area (Å²) >= 11 is 0. The van der Waals surface area contributed by atoms with E-state index in [0.29, 0.717) is 19.5 Å². The van der Waals surface area contributed by atoms with Crippen LogP contribution in [0.1, 0.15) is 20.3 Å². The summed E-state index contributed by atoms with van der Waals surface area (Å²) in [5.74, 6) is -0.0912. The van der Waals surface area contributed by atoms with E-state index in [1.54, 1.807) is 11.8 Å². The number of nitrogens with zero attached hydrogens (tertiary/aromatic N) is 1. The summed E-state index contributed by atoms with van der Waals surface area (Å²) in [6.07, 6.45) is 0.360. The first-order valence-corrected chi connectivity index (χ1v) is 4.85. The third-order valence-corrected chi connectivity index (χ3v) is 2.36. The van der Waals surface area contributed by atoms with Crippen LogP contribution < -0.4 is 11.1 Å². The molecule has 0 spiro atoms. The number of nitrogens with two attached hydrogens (primary N) is 1. The Bertz CT molecular complexity index is 240. The van der Waals surface area contributed by atoms with Crippen LogP contribution in [0.3, 0.4) is 0 Å². The lowest BCUT2D eigenvalue weighted by atomic mass is 10.2. The van der Waals surface area contributed by atoms with Gasteiger partial charge in [-0.25, -0.2) is 0 Å². The molecule has 1 heterocycles. The van der Waals surface area contributed by atoms with Crippen molar-refractivity contribution in [2.24, 2.45) is 5.73 Å². The van der Waals surface area contributed by atoms with Crippen LogP contribution in [0.2, 0.25) is 0 Å². The van der Waals surface area contributed by atoms with Crippen molar-refractivity contribution < 1.29 is 9.59 Å². The van der Waals surface area contributed by atoms with Crippen molar-refractivity contribution in [2.45, 2.75) is 32.4 Å². The Morgan fingerprint density at radius 3 is 2.93 bits per heavy atom. The normalized spacial score (nSPS) is 25.2. The zero-order valence-corrected chi connectivity index (χ0v) is 8.62. The summed E-state index contributed by atoms with van der Waals surface area (Å²) in [4.78, 5) is 24.4. The van der Waals surface area contributed by atoms with Crippen LogP contribution in [0.5, 0.6) is 0 Å². The number of nitrogens with one attached hydrogen (secondary N) is 1. The highest BCUT2D eigenvalue weighted by Crippen LogP contribution is 2.08. The van der Waals surface area contributed by atoms with Crippen molar-refractivity contribution >= 4 is 11.8 Å². The van der Waals surface area contributed by atoms with Crippen LogP contribution in [0.4, 0.5) is 0 Å². The van der Waals surface area contributed by atoms with Gasteiger partial charge >= 0.3 is 0 Å². The van der Waals surface area contributed by atoms with E-state index < -0.39 is 6.04 Å². The predicted molar refractivity (Wildman–Crippen MR) is 52.5 cm³/mol. The number of carbonyl (C=O) groups is 2. The first-order valence-electron chi connectivity index (χ1n) is 4.85. The van der Waals surface area contributed by atoms with Crippen LogP contribution in [0, 0.1) is 0 Å². The molecular formula is C9H17N3O2. The van der Waals surface area contributed by atoms with E-state index >= 15 is 0 Å². The highest BCUT2D eigenvalue weighted by Gasteiger charge is 2.26. The standard InChI is InChI=1S/C9H17N3O2/c1-6-5-8(13)11-3-4-12(6)9(14)7(2)10/h6-7H,3-5,10H2,1-2H3,(H,11,13)/t6?,7-/m1/s1. The average Bonchev–Trinajstić information content (AvgIpc) is 2.25. The van der Waals surface area contributed by atoms with Gasteiger partial charge in [-0.2, -0.15) is 0 Å². The third kappa shape index (κ3) is 2.45. The van der Waals surface area contributed by atoms with Crippen molar-refractivity contribution in [2.75, 3.05) is 13.1 Å². The summed E-state index contributed by atoms with van der Waals surface area (Å²) in [7, 11) is 0. The number of rotatable bonds is 1. The molecule has 0 aromatic rings. The van der Waals surface area contributed by atoms with Crippen LogP contribution in [-0.4, -0.2) is 41.9 Å². The Morgan fingerprint density at radius 1 is 1.71 bits per heavy atom. The van der Waals surface area contributed by atoms with E-state index in [-0.39, 0.29) is 17.9 Å². The molecule has 0 radical (unpaired) electrons. The van der Waals surface area contributed by atoms with Gasteiger partial charge in [0.2, 0.25) is 11.8 Å². The topological polar surface area (TPSA) is 75.4 Å². The van der Waals surface area contributed by atoms with E-state index in [1.807, 2.05) is 6.92 Å². The maximum absolute atomic E-state index is 11.6. The molecule has 1 rings (SSSR count). The van der Waals surface area contributed by atoms with E-state index in [0.717, 1.165) is 0 Å². The Hall–Kier alpha value is -1.10. The smallest absolute Gasteiger partial charge is 0.239 e. The second kappa shape index (κ2) is 4.41. The Morgan fingerprint density at radius 2 is 2.36 bits per heavy atom. The summed E-state index contributed by atoms with van der Waals surface area (Å²) in [5, 5.41) is 2.73. The van der Waals surface area contributed by atoms with Gasteiger partial charge in [0, 0.05) is 25.6 Å². The van der Waals surface area contributed by atoms with Crippen LogP contribution in [0.25, 0.3) is 0 Å². The lowest BCUT2D eigenvalue weighted by Gasteiger charge is -2.27. The van der Waals surface area contributed by atoms with Crippen LogP contribution in [-0.2, 0) is 9.59 Å². The van der Waals surface area contributed by atoms with E-state index in [4.69, 9.17) is 5.73 Å². The van der Waals surface area contributed by atoms with Crippen molar-refractivity contribution in [3.8, 4) is 0 Å². The van der Waals surface area contributed by atoms with Crippen LogP contribution >= 0.6 is 0 Å². The molecule has 1 aliphatic heterocycles. The molecule has 14 heavy (non-hydrogen) atoms. The number of hydrogen-bond acceptors (Lipinski definition) is 3. The molecule has 0 aromatic heterocycles. The minimum Gasteiger partial charge on any atom is -0.354 e. The van der Waals surface area contributed by atoms with Gasteiger partial charge in [0.1, 0.15) is 0 Å². The summed E-state index contributed by atoms with van der Waals surface area (Å²) in [6.45, 7) is 4.59. The second-order valence-corrected chi connectivity index (χ2v) is 3.72. The summed E-state index contributed by atoms with van der Waals surface area (Å²) in [5.41, 5.74) is 5.52. The van der Waals surface area contributed by atoms with Crippen molar-refractivity contribution in [3.05, 3.63) is 0 Å². The predicted octanol–water partition coefficient (Wildman–Crippen LogP) is -0.929. The van der Waals surface area contributed by atoms with Gasteiger partial charge in [-0.15, -0.1) is 0 Å². The van der Waals surface area contributed by atoms with Gasteiger partial charge in [0.25, 0.3) is 0 Å². The van der Waals surface area contributed by atoms with Gasteiger partial charge in [-0.05, 0) is 13.8 Å². The SMILES string of the molecule is CC1CC(=O)NCCN1C(=O)[C@@H](C)N. The van der Waals surface area contributed by atoms with E-state index in [1.165, 1.54) is 0 Å².